The normalized spacial score (nSPS) is 9.69. The van der Waals surface area contributed by atoms with Gasteiger partial charge in [-0.1, -0.05) is 36.7 Å². The average Bonchev–Trinajstić information content (AvgIpc) is 2.14. The van der Waals surface area contributed by atoms with E-state index in [1.54, 1.807) is 0 Å². The lowest BCUT2D eigenvalue weighted by molar-refractivity contribution is 1.05. The summed E-state index contributed by atoms with van der Waals surface area (Å²) in [6.45, 7) is 6.83. The highest BCUT2D eigenvalue weighted by Gasteiger charge is 1.93. The van der Waals surface area contributed by atoms with Crippen LogP contribution in [0.5, 0.6) is 0 Å². The third kappa shape index (κ3) is 3.51. The van der Waals surface area contributed by atoms with Crippen LogP contribution in [0.25, 0.3) is 0 Å². The Kier molecular flexibility index (Phi) is 3.84. The first-order chi connectivity index (χ1) is 6.22. The molecule has 0 aliphatic heterocycles. The fourth-order valence-electron chi connectivity index (χ4n) is 0.951. The van der Waals surface area contributed by atoms with E-state index in [9.17, 15) is 0 Å². The number of halogens is 1. The molecule has 0 atom stereocenters. The van der Waals surface area contributed by atoms with E-state index in [1.807, 2.05) is 24.3 Å². The molecule has 1 aromatic rings. The fraction of sp³-hybridized carbons (Fsp3) is 0.273. The first kappa shape index (κ1) is 10.1. The summed E-state index contributed by atoms with van der Waals surface area (Å²) in [6.07, 6.45) is 1.01. The first-order valence-corrected chi connectivity index (χ1v) is 4.76. The van der Waals surface area contributed by atoms with Crippen LogP contribution in [0.1, 0.15) is 13.3 Å². The van der Waals surface area contributed by atoms with Gasteiger partial charge in [-0.3, -0.25) is 0 Å². The number of rotatable bonds is 4. The molecule has 1 N–H and O–H groups in total. The predicted molar refractivity (Wildman–Crippen MR) is 59.4 cm³/mol. The van der Waals surface area contributed by atoms with Crippen LogP contribution in [0.3, 0.4) is 0 Å². The molecule has 0 amide bonds. The molecule has 0 aliphatic rings. The van der Waals surface area contributed by atoms with Crippen molar-refractivity contribution in [3.05, 3.63) is 41.4 Å². The van der Waals surface area contributed by atoms with Crippen molar-refractivity contribution in [2.75, 3.05) is 11.9 Å². The van der Waals surface area contributed by atoms with Gasteiger partial charge in [0.15, 0.2) is 0 Å². The second kappa shape index (κ2) is 4.93. The molecule has 1 aromatic carbocycles. The predicted octanol–water partition coefficient (Wildman–Crippen LogP) is 3.72. The van der Waals surface area contributed by atoms with Gasteiger partial charge in [0.05, 0.1) is 0 Å². The molecular formula is C11H14ClN. The van der Waals surface area contributed by atoms with Crippen molar-refractivity contribution >= 4 is 17.3 Å². The molecule has 13 heavy (non-hydrogen) atoms. The molecule has 0 radical (unpaired) electrons. The monoisotopic (exact) mass is 195 g/mol. The number of anilines is 1. The molecule has 70 valence electrons. The summed E-state index contributed by atoms with van der Waals surface area (Å²) < 4.78 is 0. The van der Waals surface area contributed by atoms with Gasteiger partial charge in [-0.25, -0.2) is 0 Å². The van der Waals surface area contributed by atoms with E-state index in [0.717, 1.165) is 23.7 Å². The highest BCUT2D eigenvalue weighted by Crippen LogP contribution is 2.15. The minimum Gasteiger partial charge on any atom is -0.381 e. The van der Waals surface area contributed by atoms with Gasteiger partial charge in [0.2, 0.25) is 0 Å². The van der Waals surface area contributed by atoms with E-state index < -0.39 is 0 Å². The Balaban J connectivity index is 2.50. The van der Waals surface area contributed by atoms with E-state index >= 15 is 0 Å². The van der Waals surface area contributed by atoms with Crippen LogP contribution >= 0.6 is 11.6 Å². The maximum Gasteiger partial charge on any atom is 0.0426 e. The maximum absolute atomic E-state index is 5.83. The molecule has 0 aliphatic carbocycles. The molecule has 2 heteroatoms. The van der Waals surface area contributed by atoms with Crippen LogP contribution in [0.4, 0.5) is 5.69 Å². The van der Waals surface area contributed by atoms with Gasteiger partial charge < -0.3 is 5.32 Å². The van der Waals surface area contributed by atoms with Crippen molar-refractivity contribution in [3.63, 3.8) is 0 Å². The zero-order valence-electron chi connectivity index (χ0n) is 7.81. The molecule has 0 heterocycles. The Labute approximate surface area is 84.4 Å². The summed E-state index contributed by atoms with van der Waals surface area (Å²) in [5.41, 5.74) is 2.24. The zero-order valence-corrected chi connectivity index (χ0v) is 8.56. The van der Waals surface area contributed by atoms with E-state index in [-0.39, 0.29) is 0 Å². The van der Waals surface area contributed by atoms with Crippen molar-refractivity contribution in [2.24, 2.45) is 0 Å². The van der Waals surface area contributed by atoms with Crippen molar-refractivity contribution in [3.8, 4) is 0 Å². The second-order valence-corrected chi connectivity index (χ2v) is 3.40. The van der Waals surface area contributed by atoms with Gasteiger partial charge in [-0.05, 0) is 24.6 Å². The fourth-order valence-corrected chi connectivity index (χ4v) is 1.14. The molecule has 0 spiro atoms. The molecule has 0 saturated heterocycles. The number of hydrogen-bond acceptors (Lipinski definition) is 1. The average molecular weight is 196 g/mol. The van der Waals surface area contributed by atoms with Crippen LogP contribution in [0.2, 0.25) is 5.02 Å². The minimum absolute atomic E-state index is 0.757. The zero-order chi connectivity index (χ0) is 9.68. The lowest BCUT2D eigenvalue weighted by Crippen LogP contribution is -2.02. The Morgan fingerprint density at radius 2 is 2.31 bits per heavy atom. The van der Waals surface area contributed by atoms with Gasteiger partial charge in [0, 0.05) is 17.3 Å². The van der Waals surface area contributed by atoms with Crippen LogP contribution in [0.15, 0.2) is 36.4 Å². The third-order valence-electron chi connectivity index (χ3n) is 1.87. The summed E-state index contributed by atoms with van der Waals surface area (Å²) >= 11 is 5.83. The quantitative estimate of drug-likeness (QED) is 0.723. The summed E-state index contributed by atoms with van der Waals surface area (Å²) in [5.74, 6) is 0. The Morgan fingerprint density at radius 3 is 2.92 bits per heavy atom. The molecule has 1 rings (SSSR count). The smallest absolute Gasteiger partial charge is 0.0426 e. The van der Waals surface area contributed by atoms with Crippen LogP contribution < -0.4 is 5.32 Å². The van der Waals surface area contributed by atoms with E-state index in [0.29, 0.717) is 0 Å². The summed E-state index contributed by atoms with van der Waals surface area (Å²) in [7, 11) is 0. The SMILES string of the molecule is C=C(CC)CNc1cccc(Cl)c1. The van der Waals surface area contributed by atoms with Gasteiger partial charge in [0.1, 0.15) is 0 Å². The van der Waals surface area contributed by atoms with Crippen LogP contribution in [0, 0.1) is 0 Å². The summed E-state index contributed by atoms with van der Waals surface area (Å²) in [4.78, 5) is 0. The lowest BCUT2D eigenvalue weighted by Gasteiger charge is -2.07. The van der Waals surface area contributed by atoms with E-state index in [1.165, 1.54) is 5.57 Å². The van der Waals surface area contributed by atoms with Gasteiger partial charge in [-0.15, -0.1) is 0 Å². The summed E-state index contributed by atoms with van der Waals surface area (Å²) in [5, 5.41) is 4.01. The van der Waals surface area contributed by atoms with Crippen molar-refractivity contribution < 1.29 is 0 Å². The van der Waals surface area contributed by atoms with Crippen molar-refractivity contribution in [1.82, 2.24) is 0 Å². The first-order valence-electron chi connectivity index (χ1n) is 4.38. The molecule has 0 aromatic heterocycles. The highest BCUT2D eigenvalue weighted by molar-refractivity contribution is 6.30. The molecule has 1 nitrogen and oxygen atoms in total. The molecule has 0 bridgehead atoms. The lowest BCUT2D eigenvalue weighted by atomic mass is 10.2. The van der Waals surface area contributed by atoms with Gasteiger partial charge >= 0.3 is 0 Å². The van der Waals surface area contributed by atoms with Gasteiger partial charge in [-0.2, -0.15) is 0 Å². The van der Waals surface area contributed by atoms with Crippen molar-refractivity contribution in [1.29, 1.82) is 0 Å². The van der Waals surface area contributed by atoms with Crippen LogP contribution in [-0.2, 0) is 0 Å². The topological polar surface area (TPSA) is 12.0 Å². The van der Waals surface area contributed by atoms with Crippen LogP contribution in [-0.4, -0.2) is 6.54 Å². The molecule has 0 saturated carbocycles. The molecule has 0 unspecified atom stereocenters. The highest BCUT2D eigenvalue weighted by atomic mass is 35.5. The number of hydrogen-bond donors (Lipinski definition) is 1. The number of benzene rings is 1. The molecular weight excluding hydrogens is 182 g/mol. The van der Waals surface area contributed by atoms with E-state index in [4.69, 9.17) is 11.6 Å². The standard InChI is InChI=1S/C11H14ClN/c1-3-9(2)8-13-11-6-4-5-10(12)7-11/h4-7,13H,2-3,8H2,1H3. The Bertz CT molecular complexity index is 294. The summed E-state index contributed by atoms with van der Waals surface area (Å²) in [6, 6.07) is 7.69. The Hall–Kier alpha value is -0.950. The van der Waals surface area contributed by atoms with E-state index in [2.05, 4.69) is 18.8 Å². The number of nitrogens with one attached hydrogen (secondary N) is 1. The van der Waals surface area contributed by atoms with Gasteiger partial charge in [0.25, 0.3) is 0 Å². The van der Waals surface area contributed by atoms with Crippen molar-refractivity contribution in [2.45, 2.75) is 13.3 Å². The molecule has 0 fully saturated rings. The maximum atomic E-state index is 5.83. The Morgan fingerprint density at radius 1 is 1.54 bits per heavy atom. The third-order valence-corrected chi connectivity index (χ3v) is 2.10. The largest absolute Gasteiger partial charge is 0.381 e. The second-order valence-electron chi connectivity index (χ2n) is 2.97. The minimum atomic E-state index is 0.757.